The van der Waals surface area contributed by atoms with Gasteiger partial charge < -0.3 is 14.8 Å². The van der Waals surface area contributed by atoms with Gasteiger partial charge in [0.05, 0.1) is 11.0 Å². The molecule has 1 aliphatic rings. The van der Waals surface area contributed by atoms with Gasteiger partial charge in [0, 0.05) is 36.6 Å². The van der Waals surface area contributed by atoms with E-state index in [9.17, 15) is 9.59 Å². The number of likely N-dealkylation sites (tertiary alicyclic amines) is 1. The predicted molar refractivity (Wildman–Crippen MR) is 113 cm³/mol. The second-order valence-electron chi connectivity index (χ2n) is 7.21. The van der Waals surface area contributed by atoms with Crippen LogP contribution in [-0.4, -0.2) is 45.9 Å². The van der Waals surface area contributed by atoms with Crippen LogP contribution in [0.4, 0.5) is 0 Å². The topological polar surface area (TPSA) is 67.2 Å². The molecule has 1 fully saturated rings. The normalized spacial score (nSPS) is 13.8. The van der Waals surface area contributed by atoms with E-state index in [0.29, 0.717) is 23.6 Å². The molecule has 2 heterocycles. The predicted octanol–water partition coefficient (Wildman–Crippen LogP) is 3.28. The number of carbonyl (C=O) groups excluding carboxylic acids is 2. The first kappa shape index (κ1) is 19.5. The summed E-state index contributed by atoms with van der Waals surface area (Å²) in [6.07, 6.45) is 2.67. The molecule has 7 heteroatoms. The maximum absolute atomic E-state index is 12.7. The third-order valence-corrected chi connectivity index (χ3v) is 5.44. The summed E-state index contributed by atoms with van der Waals surface area (Å²) in [6, 6.07) is 14.7. The summed E-state index contributed by atoms with van der Waals surface area (Å²) in [5, 5.41) is 3.44. The highest BCUT2D eigenvalue weighted by Crippen LogP contribution is 2.18. The highest BCUT2D eigenvalue weighted by molar-refractivity contribution is 6.30. The van der Waals surface area contributed by atoms with Gasteiger partial charge in [-0.1, -0.05) is 29.8 Å². The number of para-hydroxylation sites is 2. The number of aromatic nitrogens is 2. The molecular formula is C22H23ClN4O2. The van der Waals surface area contributed by atoms with E-state index in [1.54, 1.807) is 24.3 Å². The molecule has 2 amide bonds. The van der Waals surface area contributed by atoms with Crippen LogP contribution in [0.25, 0.3) is 11.0 Å². The van der Waals surface area contributed by atoms with Gasteiger partial charge in [-0.3, -0.25) is 9.59 Å². The summed E-state index contributed by atoms with van der Waals surface area (Å²) in [5.74, 6) is 0.739. The lowest BCUT2D eigenvalue weighted by Crippen LogP contribution is -2.32. The van der Waals surface area contributed by atoms with Gasteiger partial charge in [0.1, 0.15) is 12.4 Å². The zero-order chi connectivity index (χ0) is 20.2. The summed E-state index contributed by atoms with van der Waals surface area (Å²) in [6.45, 7) is 2.36. The number of imidazole rings is 1. The molecule has 1 N–H and O–H groups in total. The van der Waals surface area contributed by atoms with E-state index >= 15 is 0 Å². The minimum atomic E-state index is -0.177. The molecule has 2 aromatic carbocycles. The van der Waals surface area contributed by atoms with Crippen molar-refractivity contribution in [2.75, 3.05) is 19.6 Å². The molecule has 3 aromatic rings. The van der Waals surface area contributed by atoms with Crippen molar-refractivity contribution >= 4 is 34.4 Å². The summed E-state index contributed by atoms with van der Waals surface area (Å²) < 4.78 is 1.97. The minimum absolute atomic E-state index is 0.120. The van der Waals surface area contributed by atoms with Crippen LogP contribution in [0.1, 0.15) is 29.0 Å². The first-order chi connectivity index (χ1) is 14.1. The Bertz CT molecular complexity index is 1040. The van der Waals surface area contributed by atoms with Gasteiger partial charge in [0.25, 0.3) is 5.91 Å². The molecule has 150 valence electrons. The van der Waals surface area contributed by atoms with Crippen LogP contribution in [0.2, 0.25) is 5.02 Å². The Hall–Kier alpha value is -2.86. The maximum Gasteiger partial charge on any atom is 0.251 e. The maximum atomic E-state index is 12.7. The summed E-state index contributed by atoms with van der Waals surface area (Å²) >= 11 is 5.96. The lowest BCUT2D eigenvalue weighted by atomic mass is 10.2. The first-order valence-corrected chi connectivity index (χ1v) is 10.3. The van der Waals surface area contributed by atoms with Crippen molar-refractivity contribution in [2.45, 2.75) is 25.8 Å². The highest BCUT2D eigenvalue weighted by atomic mass is 35.5. The van der Waals surface area contributed by atoms with E-state index in [-0.39, 0.29) is 18.4 Å². The van der Waals surface area contributed by atoms with Crippen LogP contribution in [0.15, 0.2) is 48.5 Å². The van der Waals surface area contributed by atoms with Crippen molar-refractivity contribution in [1.29, 1.82) is 0 Å². The quantitative estimate of drug-likeness (QED) is 0.678. The second kappa shape index (κ2) is 8.66. The van der Waals surface area contributed by atoms with Gasteiger partial charge in [0.2, 0.25) is 5.91 Å². The van der Waals surface area contributed by atoms with Gasteiger partial charge >= 0.3 is 0 Å². The molecule has 1 saturated heterocycles. The number of rotatable bonds is 6. The van der Waals surface area contributed by atoms with Crippen LogP contribution in [0.3, 0.4) is 0 Å². The number of benzene rings is 2. The Morgan fingerprint density at radius 3 is 2.66 bits per heavy atom. The fourth-order valence-electron chi connectivity index (χ4n) is 3.71. The van der Waals surface area contributed by atoms with Crippen molar-refractivity contribution in [1.82, 2.24) is 19.8 Å². The fraction of sp³-hybridized carbons (Fsp3) is 0.318. The van der Waals surface area contributed by atoms with Gasteiger partial charge in [-0.15, -0.1) is 0 Å². The molecule has 0 atom stereocenters. The number of hydrogen-bond acceptors (Lipinski definition) is 3. The lowest BCUT2D eigenvalue weighted by Gasteiger charge is -2.17. The molecule has 0 bridgehead atoms. The third-order valence-electron chi connectivity index (χ3n) is 5.21. The second-order valence-corrected chi connectivity index (χ2v) is 7.64. The van der Waals surface area contributed by atoms with Gasteiger partial charge in [-0.25, -0.2) is 4.98 Å². The van der Waals surface area contributed by atoms with Crippen molar-refractivity contribution in [3.63, 3.8) is 0 Å². The third kappa shape index (κ3) is 4.43. The largest absolute Gasteiger partial charge is 0.352 e. The van der Waals surface area contributed by atoms with Crippen molar-refractivity contribution in [3.05, 3.63) is 64.9 Å². The number of carbonyl (C=O) groups is 2. The van der Waals surface area contributed by atoms with Gasteiger partial charge in [-0.05, 0) is 43.2 Å². The molecule has 0 radical (unpaired) electrons. The summed E-state index contributed by atoms with van der Waals surface area (Å²) in [7, 11) is 0. The van der Waals surface area contributed by atoms with Crippen LogP contribution in [-0.2, 0) is 17.8 Å². The average molecular weight is 411 g/mol. The minimum Gasteiger partial charge on any atom is -0.352 e. The van der Waals surface area contributed by atoms with E-state index in [1.807, 2.05) is 33.7 Å². The molecule has 29 heavy (non-hydrogen) atoms. The Morgan fingerprint density at radius 2 is 1.86 bits per heavy atom. The lowest BCUT2D eigenvalue weighted by molar-refractivity contribution is -0.130. The molecule has 1 aliphatic heterocycles. The standard InChI is InChI=1S/C22H23ClN4O2/c23-17-7-5-6-16(14-17)22(29)24-11-10-20-25-18-8-1-2-9-19(18)27(20)15-21(28)26-12-3-4-13-26/h1-2,5-9,14H,3-4,10-13,15H2,(H,24,29). The van der Waals surface area contributed by atoms with Crippen LogP contribution < -0.4 is 5.32 Å². The Morgan fingerprint density at radius 1 is 1.07 bits per heavy atom. The average Bonchev–Trinajstić information content (AvgIpc) is 3.37. The van der Waals surface area contributed by atoms with E-state index < -0.39 is 0 Å². The number of amides is 2. The van der Waals surface area contributed by atoms with Crippen LogP contribution in [0, 0.1) is 0 Å². The van der Waals surface area contributed by atoms with Gasteiger partial charge in [0.15, 0.2) is 0 Å². The Balaban J connectivity index is 1.47. The Labute approximate surface area is 174 Å². The fourth-order valence-corrected chi connectivity index (χ4v) is 3.90. The zero-order valence-electron chi connectivity index (χ0n) is 16.1. The molecule has 0 spiro atoms. The molecule has 6 nitrogen and oxygen atoms in total. The number of nitrogens with one attached hydrogen (secondary N) is 1. The van der Waals surface area contributed by atoms with E-state index in [4.69, 9.17) is 16.6 Å². The van der Waals surface area contributed by atoms with E-state index in [2.05, 4.69) is 5.32 Å². The number of hydrogen-bond donors (Lipinski definition) is 1. The molecule has 0 unspecified atom stereocenters. The zero-order valence-corrected chi connectivity index (χ0v) is 16.9. The number of nitrogens with zero attached hydrogens (tertiary/aromatic N) is 3. The SMILES string of the molecule is O=C(NCCc1nc2ccccc2n1CC(=O)N1CCCC1)c1cccc(Cl)c1. The van der Waals surface area contributed by atoms with Crippen LogP contribution in [0.5, 0.6) is 0 Å². The Kier molecular flexibility index (Phi) is 5.81. The van der Waals surface area contributed by atoms with E-state index in [1.165, 1.54) is 0 Å². The molecular weight excluding hydrogens is 388 g/mol. The number of fused-ring (bicyclic) bond motifs is 1. The number of halogens is 1. The summed E-state index contributed by atoms with van der Waals surface area (Å²) in [5.41, 5.74) is 2.32. The van der Waals surface area contributed by atoms with Crippen molar-refractivity contribution < 1.29 is 9.59 Å². The van der Waals surface area contributed by atoms with E-state index in [0.717, 1.165) is 42.8 Å². The molecule has 4 rings (SSSR count). The molecule has 1 aromatic heterocycles. The highest BCUT2D eigenvalue weighted by Gasteiger charge is 2.20. The monoisotopic (exact) mass is 410 g/mol. The van der Waals surface area contributed by atoms with Crippen LogP contribution >= 0.6 is 11.6 Å². The molecule has 0 saturated carbocycles. The molecule has 0 aliphatic carbocycles. The van der Waals surface area contributed by atoms with Crippen molar-refractivity contribution in [3.8, 4) is 0 Å². The first-order valence-electron chi connectivity index (χ1n) is 9.87. The van der Waals surface area contributed by atoms with Crippen molar-refractivity contribution in [2.24, 2.45) is 0 Å². The smallest absolute Gasteiger partial charge is 0.251 e. The van der Waals surface area contributed by atoms with Gasteiger partial charge in [-0.2, -0.15) is 0 Å². The summed E-state index contributed by atoms with van der Waals surface area (Å²) in [4.78, 5) is 31.7.